The van der Waals surface area contributed by atoms with Crippen LogP contribution in [0.3, 0.4) is 0 Å². The summed E-state index contributed by atoms with van der Waals surface area (Å²) in [6, 6.07) is 1.83. The van der Waals surface area contributed by atoms with Crippen molar-refractivity contribution in [3.8, 4) is 0 Å². The highest BCUT2D eigenvalue weighted by molar-refractivity contribution is 9.10. The summed E-state index contributed by atoms with van der Waals surface area (Å²) in [7, 11) is 0. The first kappa shape index (κ1) is 9.73. The molecule has 1 atom stereocenters. The second kappa shape index (κ2) is 3.74. The van der Waals surface area contributed by atoms with Crippen molar-refractivity contribution in [2.75, 3.05) is 13.1 Å². The van der Waals surface area contributed by atoms with Gasteiger partial charge in [0.2, 0.25) is 5.91 Å². The molecule has 0 saturated carbocycles. The third-order valence-corrected chi connectivity index (χ3v) is 2.97. The third kappa shape index (κ3) is 1.46. The van der Waals surface area contributed by atoms with Gasteiger partial charge < -0.3 is 9.32 Å². The van der Waals surface area contributed by atoms with E-state index in [1.54, 1.807) is 11.2 Å². The predicted octanol–water partition coefficient (Wildman–Crippen LogP) is 1.49. The van der Waals surface area contributed by atoms with Crippen LogP contribution in [0.2, 0.25) is 0 Å². The van der Waals surface area contributed by atoms with Gasteiger partial charge in [-0.05, 0) is 28.9 Å². The number of halogens is 1. The molecule has 0 radical (unpaired) electrons. The summed E-state index contributed by atoms with van der Waals surface area (Å²) in [5.74, 6) is 0.874. The van der Waals surface area contributed by atoms with E-state index in [1.165, 1.54) is 0 Å². The Kier molecular flexibility index (Phi) is 2.60. The van der Waals surface area contributed by atoms with E-state index in [0.717, 1.165) is 10.2 Å². The third-order valence-electron chi connectivity index (χ3n) is 2.31. The average Bonchev–Trinajstić information content (AvgIpc) is 2.71. The quantitative estimate of drug-likeness (QED) is 0.875. The first-order valence-corrected chi connectivity index (χ1v) is 5.29. The van der Waals surface area contributed by atoms with Crippen LogP contribution < -0.4 is 5.32 Å². The van der Waals surface area contributed by atoms with Gasteiger partial charge >= 0.3 is 0 Å². The molecule has 1 aliphatic heterocycles. The lowest BCUT2D eigenvalue weighted by atomic mass is 10.3. The van der Waals surface area contributed by atoms with Gasteiger partial charge in [0.05, 0.1) is 17.3 Å². The topological polar surface area (TPSA) is 45.5 Å². The lowest BCUT2D eigenvalue weighted by Crippen LogP contribution is -2.29. The Labute approximate surface area is 90.4 Å². The molecule has 14 heavy (non-hydrogen) atoms. The van der Waals surface area contributed by atoms with Crippen LogP contribution in [-0.4, -0.2) is 23.9 Å². The lowest BCUT2D eigenvalue weighted by molar-refractivity contribution is -0.128. The van der Waals surface area contributed by atoms with Crippen molar-refractivity contribution in [1.29, 1.82) is 0 Å². The van der Waals surface area contributed by atoms with Crippen molar-refractivity contribution in [3.63, 3.8) is 0 Å². The van der Waals surface area contributed by atoms with Gasteiger partial charge in [0, 0.05) is 6.54 Å². The number of carbonyl (C=O) groups excluding carboxylic acids is 1. The molecule has 2 heterocycles. The number of rotatable bonds is 2. The minimum absolute atomic E-state index is 0.112. The molecule has 5 heteroatoms. The molecule has 2 rings (SSSR count). The maximum Gasteiger partial charge on any atom is 0.238 e. The highest BCUT2D eigenvalue weighted by atomic mass is 79.9. The van der Waals surface area contributed by atoms with Crippen LogP contribution >= 0.6 is 15.9 Å². The largest absolute Gasteiger partial charge is 0.464 e. The number of hydrogen-bond donors (Lipinski definition) is 1. The molecule has 0 bridgehead atoms. The van der Waals surface area contributed by atoms with E-state index in [0.29, 0.717) is 13.1 Å². The van der Waals surface area contributed by atoms with E-state index < -0.39 is 0 Å². The Hall–Kier alpha value is -0.810. The van der Waals surface area contributed by atoms with Crippen LogP contribution in [0.1, 0.15) is 18.8 Å². The smallest absolute Gasteiger partial charge is 0.238 e. The van der Waals surface area contributed by atoms with Crippen molar-refractivity contribution in [1.82, 2.24) is 10.2 Å². The Balaban J connectivity index is 2.27. The SMILES string of the molecule is CCN1C(=O)CNC1c1occc1Br. The molecule has 1 saturated heterocycles. The summed E-state index contributed by atoms with van der Waals surface area (Å²) < 4.78 is 6.22. The fourth-order valence-corrected chi connectivity index (χ4v) is 2.05. The molecule has 0 spiro atoms. The lowest BCUT2D eigenvalue weighted by Gasteiger charge is -2.20. The van der Waals surface area contributed by atoms with Crippen molar-refractivity contribution in [2.45, 2.75) is 13.1 Å². The Morgan fingerprint density at radius 3 is 3.14 bits per heavy atom. The van der Waals surface area contributed by atoms with E-state index in [1.807, 2.05) is 13.0 Å². The molecule has 1 unspecified atom stereocenters. The van der Waals surface area contributed by atoms with Crippen molar-refractivity contribution >= 4 is 21.8 Å². The molecule has 1 aromatic rings. The van der Waals surface area contributed by atoms with Crippen molar-refractivity contribution < 1.29 is 9.21 Å². The van der Waals surface area contributed by atoms with E-state index in [9.17, 15) is 4.79 Å². The van der Waals surface area contributed by atoms with Gasteiger partial charge in [-0.3, -0.25) is 10.1 Å². The minimum atomic E-state index is -0.128. The second-order valence-corrected chi connectivity index (χ2v) is 3.95. The van der Waals surface area contributed by atoms with Crippen molar-refractivity contribution in [2.24, 2.45) is 0 Å². The number of nitrogens with one attached hydrogen (secondary N) is 1. The molecule has 1 N–H and O–H groups in total. The zero-order valence-electron chi connectivity index (χ0n) is 7.79. The number of amides is 1. The number of likely N-dealkylation sites (N-methyl/N-ethyl adjacent to an activating group) is 1. The normalized spacial score (nSPS) is 22.0. The fourth-order valence-electron chi connectivity index (χ4n) is 1.63. The van der Waals surface area contributed by atoms with Gasteiger partial charge in [-0.2, -0.15) is 0 Å². The number of nitrogens with zero attached hydrogens (tertiary/aromatic N) is 1. The van der Waals surface area contributed by atoms with Gasteiger partial charge in [-0.1, -0.05) is 0 Å². The molecular weight excluding hydrogens is 248 g/mol. The van der Waals surface area contributed by atoms with Crippen LogP contribution in [0.15, 0.2) is 21.2 Å². The van der Waals surface area contributed by atoms with Crippen LogP contribution in [0.5, 0.6) is 0 Å². The first-order chi connectivity index (χ1) is 6.74. The summed E-state index contributed by atoms with van der Waals surface area (Å²) >= 11 is 3.38. The first-order valence-electron chi connectivity index (χ1n) is 4.49. The molecule has 1 aromatic heterocycles. The summed E-state index contributed by atoms with van der Waals surface area (Å²) in [6.45, 7) is 3.02. The molecule has 76 valence electrons. The van der Waals surface area contributed by atoms with Crippen LogP contribution in [0.4, 0.5) is 0 Å². The van der Waals surface area contributed by atoms with E-state index in [2.05, 4.69) is 21.2 Å². The number of hydrogen-bond acceptors (Lipinski definition) is 3. The standard InChI is InChI=1S/C9H11BrN2O2/c1-2-12-7(13)5-11-9(12)8-6(10)3-4-14-8/h3-4,9,11H,2,5H2,1H3. The molecule has 1 amide bonds. The maximum absolute atomic E-state index is 11.4. The second-order valence-electron chi connectivity index (χ2n) is 3.10. The van der Waals surface area contributed by atoms with E-state index in [-0.39, 0.29) is 12.1 Å². The summed E-state index contributed by atoms with van der Waals surface area (Å²) in [5.41, 5.74) is 0. The van der Waals surface area contributed by atoms with Gasteiger partial charge in [0.1, 0.15) is 6.17 Å². The van der Waals surface area contributed by atoms with Crippen LogP contribution in [0, 0.1) is 0 Å². The van der Waals surface area contributed by atoms with Crippen LogP contribution in [-0.2, 0) is 4.79 Å². The van der Waals surface area contributed by atoms with Gasteiger partial charge in [0.25, 0.3) is 0 Å². The molecule has 1 fully saturated rings. The highest BCUT2D eigenvalue weighted by Gasteiger charge is 2.33. The zero-order valence-corrected chi connectivity index (χ0v) is 9.37. The average molecular weight is 259 g/mol. The highest BCUT2D eigenvalue weighted by Crippen LogP contribution is 2.29. The summed E-state index contributed by atoms with van der Waals surface area (Å²) in [6.07, 6.45) is 1.48. The summed E-state index contributed by atoms with van der Waals surface area (Å²) in [5, 5.41) is 3.10. The summed E-state index contributed by atoms with van der Waals surface area (Å²) in [4.78, 5) is 13.2. The molecule has 0 aromatic carbocycles. The number of furan rings is 1. The monoisotopic (exact) mass is 258 g/mol. The van der Waals surface area contributed by atoms with E-state index in [4.69, 9.17) is 4.42 Å². The Morgan fingerprint density at radius 2 is 2.57 bits per heavy atom. The van der Waals surface area contributed by atoms with Gasteiger partial charge in [-0.15, -0.1) is 0 Å². The van der Waals surface area contributed by atoms with Crippen LogP contribution in [0.25, 0.3) is 0 Å². The molecule has 4 nitrogen and oxygen atoms in total. The maximum atomic E-state index is 11.4. The predicted molar refractivity (Wildman–Crippen MR) is 54.5 cm³/mol. The van der Waals surface area contributed by atoms with Crippen molar-refractivity contribution in [3.05, 3.63) is 22.6 Å². The Bertz CT molecular complexity index is 350. The van der Waals surface area contributed by atoms with E-state index >= 15 is 0 Å². The number of carbonyl (C=O) groups is 1. The molecule has 1 aliphatic rings. The van der Waals surface area contributed by atoms with Gasteiger partial charge in [-0.25, -0.2) is 0 Å². The Morgan fingerprint density at radius 1 is 1.79 bits per heavy atom. The minimum Gasteiger partial charge on any atom is -0.464 e. The molecule has 0 aliphatic carbocycles. The fraction of sp³-hybridized carbons (Fsp3) is 0.444. The molecular formula is C9H11BrN2O2. The zero-order chi connectivity index (χ0) is 10.1. The van der Waals surface area contributed by atoms with Gasteiger partial charge in [0.15, 0.2) is 5.76 Å².